The molecule has 0 bridgehead atoms. The third-order valence-corrected chi connectivity index (χ3v) is 2.60. The first kappa shape index (κ1) is 13.3. The summed E-state index contributed by atoms with van der Waals surface area (Å²) >= 11 is -2.63. The van der Waals surface area contributed by atoms with E-state index in [0.29, 0.717) is 11.5 Å². The Morgan fingerprint density at radius 2 is 1.74 bits per heavy atom. The van der Waals surface area contributed by atoms with E-state index < -0.39 is 17.2 Å². The molecule has 1 N–H and O–H groups in total. The van der Waals surface area contributed by atoms with Gasteiger partial charge in [0.05, 0.1) is 0 Å². The molecule has 0 aliphatic carbocycles. The van der Waals surface area contributed by atoms with Crippen molar-refractivity contribution in [1.29, 1.82) is 0 Å². The number of carbonyl (C=O) groups is 1. The maximum Gasteiger partial charge on any atom is 0.262 e. The fourth-order valence-corrected chi connectivity index (χ4v) is 1.73. The van der Waals surface area contributed by atoms with Crippen molar-refractivity contribution in [3.05, 3.63) is 60.2 Å². The minimum atomic E-state index is -2.63. The summed E-state index contributed by atoms with van der Waals surface area (Å²) in [6.45, 7) is 0. The highest BCUT2D eigenvalue weighted by Gasteiger charge is 2.06. The van der Waals surface area contributed by atoms with Crippen molar-refractivity contribution >= 4 is 17.2 Å². The van der Waals surface area contributed by atoms with Crippen LogP contribution in [0.4, 0.5) is 0 Å². The van der Waals surface area contributed by atoms with E-state index in [4.69, 9.17) is 4.74 Å². The van der Waals surface area contributed by atoms with Crippen LogP contribution in [0.25, 0.3) is 0 Å². The zero-order valence-corrected chi connectivity index (χ0v) is 10.6. The molecule has 0 aromatic heterocycles. The van der Waals surface area contributed by atoms with Gasteiger partial charge in [-0.1, -0.05) is 24.3 Å². The van der Waals surface area contributed by atoms with Crippen molar-refractivity contribution in [2.75, 3.05) is 0 Å². The Morgan fingerprint density at radius 1 is 1.05 bits per heavy atom. The molecule has 0 spiro atoms. The fraction of sp³-hybridized carbons (Fsp3) is 0. The monoisotopic (exact) mass is 276 g/mol. The first-order valence-electron chi connectivity index (χ1n) is 5.38. The van der Waals surface area contributed by atoms with E-state index in [1.54, 1.807) is 29.0 Å². The molecule has 19 heavy (non-hydrogen) atoms. The highest BCUT2D eigenvalue weighted by Crippen LogP contribution is 2.21. The summed E-state index contributed by atoms with van der Waals surface area (Å²) in [7, 11) is 0. The smallest absolute Gasteiger partial charge is 0.262 e. The quantitative estimate of drug-likeness (QED) is 0.866. The molecular formula is C13H10NO4S-. The maximum absolute atomic E-state index is 11.5. The van der Waals surface area contributed by atoms with Crippen molar-refractivity contribution in [2.24, 2.45) is 0 Å². The number of hydrogen-bond acceptors (Lipinski definition) is 4. The molecule has 2 rings (SSSR count). The summed E-state index contributed by atoms with van der Waals surface area (Å²) in [6.07, 6.45) is 0. The number of rotatable bonds is 4. The first-order chi connectivity index (χ1) is 9.15. The summed E-state index contributed by atoms with van der Waals surface area (Å²) in [5.41, 5.74) is 0.206. The lowest BCUT2D eigenvalue weighted by molar-refractivity contribution is 0.0980. The van der Waals surface area contributed by atoms with Gasteiger partial charge in [-0.2, -0.15) is 0 Å². The molecule has 5 nitrogen and oxygen atoms in total. The van der Waals surface area contributed by atoms with Crippen molar-refractivity contribution in [1.82, 2.24) is 4.72 Å². The van der Waals surface area contributed by atoms with Gasteiger partial charge in [0, 0.05) is 16.8 Å². The average Bonchev–Trinajstić information content (AvgIpc) is 2.39. The zero-order valence-electron chi connectivity index (χ0n) is 9.74. The molecule has 0 aliphatic rings. The van der Waals surface area contributed by atoms with E-state index in [-0.39, 0.29) is 5.56 Å². The molecule has 2 aromatic rings. The Bertz CT molecular complexity index is 601. The molecule has 0 saturated carbocycles. The van der Waals surface area contributed by atoms with Crippen LogP contribution in [-0.4, -0.2) is 14.7 Å². The molecule has 98 valence electrons. The van der Waals surface area contributed by atoms with E-state index in [0.717, 1.165) is 0 Å². The predicted molar refractivity (Wildman–Crippen MR) is 69.3 cm³/mol. The van der Waals surface area contributed by atoms with Crippen LogP contribution in [0.5, 0.6) is 11.5 Å². The number of nitrogens with one attached hydrogen (secondary N) is 1. The van der Waals surface area contributed by atoms with Crippen molar-refractivity contribution in [3.63, 3.8) is 0 Å². The summed E-state index contributed by atoms with van der Waals surface area (Å²) < 4.78 is 28.1. The Kier molecular flexibility index (Phi) is 4.27. The Hall–Kier alpha value is -2.18. The van der Waals surface area contributed by atoms with Gasteiger partial charge in [0.2, 0.25) is 0 Å². The number of hydrogen-bond donors (Lipinski definition) is 1. The standard InChI is InChI=1S/C13H11NO4S/c15-13(14-19(16)17)10-5-4-8-12(9-10)18-11-6-2-1-3-7-11/h1-9H,(H,14,15)(H,16,17)/p-1. The van der Waals surface area contributed by atoms with Crippen LogP contribution in [0.15, 0.2) is 54.6 Å². The van der Waals surface area contributed by atoms with E-state index in [9.17, 15) is 13.6 Å². The molecule has 1 amide bonds. The molecule has 0 saturated heterocycles. The number of benzene rings is 2. The predicted octanol–water partition coefficient (Wildman–Crippen LogP) is 2.00. The van der Waals surface area contributed by atoms with Crippen molar-refractivity contribution in [2.45, 2.75) is 0 Å². The molecule has 2 aromatic carbocycles. The number of amides is 1. The minimum absolute atomic E-state index is 0.206. The molecule has 6 heteroatoms. The van der Waals surface area contributed by atoms with Gasteiger partial charge >= 0.3 is 0 Å². The van der Waals surface area contributed by atoms with Gasteiger partial charge in [-0.3, -0.25) is 13.7 Å². The molecular weight excluding hydrogens is 266 g/mol. The largest absolute Gasteiger partial charge is 0.755 e. The lowest BCUT2D eigenvalue weighted by atomic mass is 10.2. The third kappa shape index (κ3) is 3.90. The van der Waals surface area contributed by atoms with Gasteiger partial charge in [0.25, 0.3) is 5.91 Å². The Balaban J connectivity index is 2.15. The molecule has 0 radical (unpaired) electrons. The summed E-state index contributed by atoms with van der Waals surface area (Å²) in [5, 5.41) is 0. The van der Waals surface area contributed by atoms with Crippen LogP contribution < -0.4 is 9.46 Å². The summed E-state index contributed by atoms with van der Waals surface area (Å²) in [4.78, 5) is 11.5. The normalized spacial score (nSPS) is 11.6. The molecule has 0 heterocycles. The average molecular weight is 276 g/mol. The second kappa shape index (κ2) is 6.12. The highest BCUT2D eigenvalue weighted by atomic mass is 32.2. The SMILES string of the molecule is O=C(NS(=O)[O-])c1cccc(Oc2ccccc2)c1. The lowest BCUT2D eigenvalue weighted by Gasteiger charge is -2.09. The number of para-hydroxylation sites is 1. The first-order valence-corrected chi connectivity index (χ1v) is 6.46. The van der Waals surface area contributed by atoms with Gasteiger partial charge in [-0.15, -0.1) is 0 Å². The van der Waals surface area contributed by atoms with E-state index in [1.807, 2.05) is 18.2 Å². The van der Waals surface area contributed by atoms with Crippen LogP contribution in [0.3, 0.4) is 0 Å². The lowest BCUT2D eigenvalue weighted by Crippen LogP contribution is -2.25. The highest BCUT2D eigenvalue weighted by molar-refractivity contribution is 7.77. The maximum atomic E-state index is 11.5. The van der Waals surface area contributed by atoms with Gasteiger partial charge < -0.3 is 9.29 Å². The number of carbonyl (C=O) groups excluding carboxylic acids is 1. The third-order valence-electron chi connectivity index (χ3n) is 2.25. The zero-order chi connectivity index (χ0) is 13.7. The molecule has 1 atom stereocenters. The minimum Gasteiger partial charge on any atom is -0.755 e. The second-order valence-electron chi connectivity index (χ2n) is 3.61. The van der Waals surface area contributed by atoms with Crippen LogP contribution in [0, 0.1) is 0 Å². The Labute approximate surface area is 112 Å². The molecule has 1 unspecified atom stereocenters. The van der Waals surface area contributed by atoms with Crippen LogP contribution in [0.2, 0.25) is 0 Å². The van der Waals surface area contributed by atoms with Gasteiger partial charge in [-0.05, 0) is 30.3 Å². The van der Waals surface area contributed by atoms with Gasteiger partial charge in [-0.25, -0.2) is 0 Å². The van der Waals surface area contributed by atoms with Crippen molar-refractivity contribution < 1.29 is 18.3 Å². The van der Waals surface area contributed by atoms with Crippen molar-refractivity contribution in [3.8, 4) is 11.5 Å². The topological polar surface area (TPSA) is 78.5 Å². The van der Waals surface area contributed by atoms with E-state index >= 15 is 0 Å². The molecule has 0 aliphatic heterocycles. The van der Waals surface area contributed by atoms with E-state index in [2.05, 4.69) is 0 Å². The van der Waals surface area contributed by atoms with Gasteiger partial charge in [0.1, 0.15) is 11.5 Å². The fourth-order valence-electron chi connectivity index (χ4n) is 1.46. The Morgan fingerprint density at radius 3 is 2.42 bits per heavy atom. The second-order valence-corrected chi connectivity index (χ2v) is 4.28. The number of ether oxygens (including phenoxy) is 1. The van der Waals surface area contributed by atoms with Crippen LogP contribution >= 0.6 is 0 Å². The van der Waals surface area contributed by atoms with Crippen LogP contribution in [-0.2, 0) is 11.3 Å². The van der Waals surface area contributed by atoms with Gasteiger partial charge in [0.15, 0.2) is 0 Å². The van der Waals surface area contributed by atoms with E-state index in [1.165, 1.54) is 12.1 Å². The molecule has 0 fully saturated rings. The summed E-state index contributed by atoms with van der Waals surface area (Å²) in [6, 6.07) is 15.3. The van der Waals surface area contributed by atoms with Crippen LogP contribution in [0.1, 0.15) is 10.4 Å². The summed E-state index contributed by atoms with van der Waals surface area (Å²) in [5.74, 6) is 0.384.